The third-order valence-corrected chi connectivity index (χ3v) is 4.02. The lowest BCUT2D eigenvalue weighted by Crippen LogP contribution is -2.04. The molecule has 0 amide bonds. The van der Waals surface area contributed by atoms with Gasteiger partial charge in [-0.3, -0.25) is 0 Å². The number of anilines is 1. The maximum Gasteiger partial charge on any atom is 0.177 e. The number of thioether (sulfide) groups is 1. The number of benzene rings is 1. The maximum atomic E-state index is 11.4. The molecule has 0 atom stereocenters. The van der Waals surface area contributed by atoms with Gasteiger partial charge in [0.15, 0.2) is 9.84 Å². The number of nitrogen functional groups attached to an aromatic ring is 1. The van der Waals surface area contributed by atoms with Gasteiger partial charge in [0.2, 0.25) is 0 Å². The van der Waals surface area contributed by atoms with Gasteiger partial charge < -0.3 is 5.73 Å². The zero-order valence-electron chi connectivity index (χ0n) is 9.02. The Bertz CT molecular complexity index is 452. The second kappa shape index (κ2) is 4.45. The Balaban J connectivity index is 3.24. The highest BCUT2D eigenvalue weighted by molar-refractivity contribution is 8.00. The predicted molar refractivity (Wildman–Crippen MR) is 65.0 cm³/mol. The summed E-state index contributed by atoms with van der Waals surface area (Å²) in [5, 5.41) is 0.377. The van der Waals surface area contributed by atoms with Crippen molar-refractivity contribution < 1.29 is 8.42 Å². The predicted octanol–water partition coefficient (Wildman–Crippen LogP) is 2.17. The van der Waals surface area contributed by atoms with Gasteiger partial charge in [-0.05, 0) is 12.1 Å². The minimum atomic E-state index is -3.23. The van der Waals surface area contributed by atoms with E-state index in [2.05, 4.69) is 0 Å². The molecule has 1 aromatic carbocycles. The SMILES string of the molecule is CC(C)Sc1cccc(S(C)(=O)=O)c1N. The lowest BCUT2D eigenvalue weighted by atomic mass is 10.3. The molecule has 0 aliphatic rings. The number of sulfone groups is 1. The molecule has 15 heavy (non-hydrogen) atoms. The second-order valence-corrected chi connectivity index (χ2v) is 7.21. The van der Waals surface area contributed by atoms with Crippen LogP contribution in [0.15, 0.2) is 28.0 Å². The molecule has 0 aliphatic carbocycles. The summed E-state index contributed by atoms with van der Waals surface area (Å²) >= 11 is 1.57. The Labute approximate surface area is 95.0 Å². The Kier molecular flexibility index (Phi) is 3.67. The van der Waals surface area contributed by atoms with Crippen LogP contribution in [-0.2, 0) is 9.84 Å². The highest BCUT2D eigenvalue weighted by Gasteiger charge is 2.14. The van der Waals surface area contributed by atoms with Crippen LogP contribution in [0.5, 0.6) is 0 Å². The van der Waals surface area contributed by atoms with E-state index in [-0.39, 0.29) is 4.90 Å². The zero-order chi connectivity index (χ0) is 11.6. The van der Waals surface area contributed by atoms with Crippen molar-refractivity contribution in [2.45, 2.75) is 28.9 Å². The summed E-state index contributed by atoms with van der Waals surface area (Å²) < 4.78 is 22.8. The molecule has 0 saturated carbocycles. The molecule has 0 radical (unpaired) electrons. The first-order chi connectivity index (χ1) is 6.82. The van der Waals surface area contributed by atoms with E-state index in [1.165, 1.54) is 12.3 Å². The smallest absolute Gasteiger partial charge is 0.177 e. The number of hydrogen-bond acceptors (Lipinski definition) is 4. The van der Waals surface area contributed by atoms with Crippen LogP contribution in [0.1, 0.15) is 13.8 Å². The van der Waals surface area contributed by atoms with Crippen molar-refractivity contribution in [1.29, 1.82) is 0 Å². The van der Waals surface area contributed by atoms with E-state index in [1.807, 2.05) is 19.9 Å². The molecule has 0 heterocycles. The average Bonchev–Trinajstić information content (AvgIpc) is 2.05. The van der Waals surface area contributed by atoms with Gasteiger partial charge >= 0.3 is 0 Å². The molecule has 1 aromatic rings. The highest BCUT2D eigenvalue weighted by atomic mass is 32.2. The molecule has 1 rings (SSSR count). The van der Waals surface area contributed by atoms with Gasteiger partial charge in [0.25, 0.3) is 0 Å². The van der Waals surface area contributed by atoms with Gasteiger partial charge in [-0.1, -0.05) is 19.9 Å². The quantitative estimate of drug-likeness (QED) is 0.655. The van der Waals surface area contributed by atoms with Crippen LogP contribution in [-0.4, -0.2) is 19.9 Å². The molecule has 0 unspecified atom stereocenters. The van der Waals surface area contributed by atoms with Gasteiger partial charge in [-0.2, -0.15) is 0 Å². The molecule has 0 aromatic heterocycles. The summed E-state index contributed by atoms with van der Waals surface area (Å²) in [6, 6.07) is 5.10. The Morgan fingerprint density at radius 3 is 2.40 bits per heavy atom. The molecule has 2 N–H and O–H groups in total. The average molecular weight is 245 g/mol. The first-order valence-electron chi connectivity index (χ1n) is 4.57. The Hall–Kier alpha value is -0.680. The molecule has 5 heteroatoms. The molecule has 0 bridgehead atoms. The van der Waals surface area contributed by atoms with E-state index in [0.29, 0.717) is 10.9 Å². The number of para-hydroxylation sites is 1. The van der Waals surface area contributed by atoms with Crippen molar-refractivity contribution in [2.75, 3.05) is 12.0 Å². The first-order valence-corrected chi connectivity index (χ1v) is 7.34. The molecule has 0 spiro atoms. The first kappa shape index (κ1) is 12.4. The van der Waals surface area contributed by atoms with Gasteiger partial charge in [-0.15, -0.1) is 11.8 Å². The topological polar surface area (TPSA) is 60.2 Å². The summed E-state index contributed by atoms with van der Waals surface area (Å²) in [5.74, 6) is 0. The molecule has 84 valence electrons. The van der Waals surface area contributed by atoms with Crippen LogP contribution < -0.4 is 5.73 Å². The molecule has 3 nitrogen and oxygen atoms in total. The summed E-state index contributed by atoms with van der Waals surface area (Å²) in [5.41, 5.74) is 6.18. The van der Waals surface area contributed by atoms with Crippen molar-refractivity contribution >= 4 is 27.3 Å². The third-order valence-electron chi connectivity index (χ3n) is 1.79. The summed E-state index contributed by atoms with van der Waals surface area (Å²) in [7, 11) is -3.23. The molecule has 0 fully saturated rings. The lowest BCUT2D eigenvalue weighted by molar-refractivity contribution is 0.602. The fraction of sp³-hybridized carbons (Fsp3) is 0.400. The number of hydrogen-bond donors (Lipinski definition) is 1. The van der Waals surface area contributed by atoms with Crippen LogP contribution >= 0.6 is 11.8 Å². The van der Waals surface area contributed by atoms with Crippen LogP contribution in [0.2, 0.25) is 0 Å². The fourth-order valence-electron chi connectivity index (χ4n) is 1.20. The minimum absolute atomic E-state index is 0.216. The minimum Gasteiger partial charge on any atom is -0.397 e. The van der Waals surface area contributed by atoms with Crippen LogP contribution in [0.3, 0.4) is 0 Å². The summed E-state index contributed by atoms with van der Waals surface area (Å²) in [4.78, 5) is 1.04. The molecular weight excluding hydrogens is 230 g/mol. The zero-order valence-corrected chi connectivity index (χ0v) is 10.7. The van der Waals surface area contributed by atoms with Crippen molar-refractivity contribution in [2.24, 2.45) is 0 Å². The van der Waals surface area contributed by atoms with Crippen molar-refractivity contribution in [3.05, 3.63) is 18.2 Å². The maximum absolute atomic E-state index is 11.4. The van der Waals surface area contributed by atoms with E-state index in [9.17, 15) is 8.42 Å². The number of rotatable bonds is 3. The van der Waals surface area contributed by atoms with Gasteiger partial charge in [0, 0.05) is 16.4 Å². The van der Waals surface area contributed by atoms with Gasteiger partial charge in [0.1, 0.15) is 0 Å². The lowest BCUT2D eigenvalue weighted by Gasteiger charge is -2.10. The van der Waals surface area contributed by atoms with Crippen molar-refractivity contribution in [1.82, 2.24) is 0 Å². The van der Waals surface area contributed by atoms with E-state index in [1.54, 1.807) is 17.8 Å². The monoisotopic (exact) mass is 245 g/mol. The fourth-order valence-corrected chi connectivity index (χ4v) is 3.01. The summed E-state index contributed by atoms with van der Waals surface area (Å²) in [6.07, 6.45) is 1.17. The van der Waals surface area contributed by atoms with Crippen molar-refractivity contribution in [3.63, 3.8) is 0 Å². The van der Waals surface area contributed by atoms with Crippen LogP contribution in [0.25, 0.3) is 0 Å². The van der Waals surface area contributed by atoms with E-state index in [0.717, 1.165) is 4.90 Å². The van der Waals surface area contributed by atoms with E-state index in [4.69, 9.17) is 5.73 Å². The molecule has 0 saturated heterocycles. The number of nitrogens with two attached hydrogens (primary N) is 1. The van der Waals surface area contributed by atoms with E-state index < -0.39 is 9.84 Å². The molecular formula is C10H15NO2S2. The standard InChI is InChI=1S/C10H15NO2S2/c1-7(2)14-8-5-4-6-9(10(8)11)15(3,12)13/h4-7H,11H2,1-3H3. The van der Waals surface area contributed by atoms with Crippen LogP contribution in [0.4, 0.5) is 5.69 Å². The van der Waals surface area contributed by atoms with Crippen molar-refractivity contribution in [3.8, 4) is 0 Å². The Morgan fingerprint density at radius 2 is 1.93 bits per heavy atom. The second-order valence-electron chi connectivity index (χ2n) is 3.61. The normalized spacial score (nSPS) is 12.0. The largest absolute Gasteiger partial charge is 0.397 e. The Morgan fingerprint density at radius 1 is 1.33 bits per heavy atom. The van der Waals surface area contributed by atoms with Crippen LogP contribution in [0, 0.1) is 0 Å². The molecule has 0 aliphatic heterocycles. The third kappa shape index (κ3) is 3.14. The van der Waals surface area contributed by atoms with E-state index >= 15 is 0 Å². The van der Waals surface area contributed by atoms with Gasteiger partial charge in [-0.25, -0.2) is 8.42 Å². The highest BCUT2D eigenvalue weighted by Crippen LogP contribution is 2.32. The summed E-state index contributed by atoms with van der Waals surface area (Å²) in [6.45, 7) is 4.08. The van der Waals surface area contributed by atoms with Gasteiger partial charge in [0.05, 0.1) is 10.6 Å².